The number of benzene rings is 1. The minimum atomic E-state index is -0.569. The average molecular weight is 342 g/mol. The lowest BCUT2D eigenvalue weighted by Crippen LogP contribution is -2.27. The quantitative estimate of drug-likeness (QED) is 0.694. The molecular weight excluding hydrogens is 322 g/mol. The molecule has 3 aromatic rings. The molecule has 25 heavy (non-hydrogen) atoms. The van der Waals surface area contributed by atoms with Crippen LogP contribution in [0.2, 0.25) is 0 Å². The zero-order valence-corrected chi connectivity index (χ0v) is 14.2. The lowest BCUT2D eigenvalue weighted by molar-refractivity contribution is 0.588. The van der Waals surface area contributed by atoms with Gasteiger partial charge in [-0.25, -0.2) is 18.7 Å². The summed E-state index contributed by atoms with van der Waals surface area (Å²) in [7, 11) is 0. The monoisotopic (exact) mass is 342 g/mol. The number of anilines is 1. The van der Waals surface area contributed by atoms with Crippen LogP contribution in [0.25, 0.3) is 16.9 Å². The Labute approximate surface area is 145 Å². The molecule has 1 aliphatic heterocycles. The van der Waals surface area contributed by atoms with Crippen molar-refractivity contribution >= 4 is 11.6 Å². The van der Waals surface area contributed by atoms with Crippen LogP contribution in [0.5, 0.6) is 0 Å². The van der Waals surface area contributed by atoms with Crippen molar-refractivity contribution in [1.82, 2.24) is 14.4 Å². The summed E-state index contributed by atoms with van der Waals surface area (Å²) in [6.45, 7) is 3.51. The Balaban J connectivity index is 2.03. The van der Waals surface area contributed by atoms with E-state index in [0.29, 0.717) is 17.0 Å². The third-order valence-electron chi connectivity index (χ3n) is 4.82. The van der Waals surface area contributed by atoms with Gasteiger partial charge in [0.15, 0.2) is 0 Å². The topological polar surface area (TPSA) is 33.4 Å². The molecule has 0 amide bonds. The molecule has 4 nitrogen and oxygen atoms in total. The van der Waals surface area contributed by atoms with Gasteiger partial charge in [-0.1, -0.05) is 18.9 Å². The van der Waals surface area contributed by atoms with Gasteiger partial charge in [0.2, 0.25) is 5.78 Å². The van der Waals surface area contributed by atoms with E-state index in [4.69, 9.17) is 0 Å². The number of fused-ring (bicyclic) bond motifs is 1. The van der Waals surface area contributed by atoms with E-state index >= 15 is 0 Å². The molecule has 0 unspecified atom stereocenters. The summed E-state index contributed by atoms with van der Waals surface area (Å²) in [6.07, 6.45) is 7.97. The van der Waals surface area contributed by atoms with E-state index in [1.165, 1.54) is 31.0 Å². The number of hydrogen-bond acceptors (Lipinski definition) is 3. The molecule has 1 fully saturated rings. The maximum absolute atomic E-state index is 14.6. The van der Waals surface area contributed by atoms with Crippen LogP contribution < -0.4 is 4.90 Å². The molecule has 1 saturated heterocycles. The van der Waals surface area contributed by atoms with Crippen LogP contribution in [0.3, 0.4) is 0 Å². The number of hydrogen-bond donors (Lipinski definition) is 0. The number of aromatic nitrogens is 3. The molecule has 0 saturated carbocycles. The van der Waals surface area contributed by atoms with Gasteiger partial charge in [0, 0.05) is 25.5 Å². The van der Waals surface area contributed by atoms with E-state index in [2.05, 4.69) is 14.9 Å². The van der Waals surface area contributed by atoms with Crippen LogP contribution in [0.15, 0.2) is 30.6 Å². The molecular formula is C19H20F2N4. The molecule has 3 heterocycles. The van der Waals surface area contributed by atoms with Crippen molar-refractivity contribution in [2.45, 2.75) is 32.6 Å². The fraction of sp³-hybridized carbons (Fsp3) is 0.368. The molecule has 0 aliphatic carbocycles. The minimum absolute atomic E-state index is 0.0117. The van der Waals surface area contributed by atoms with Crippen LogP contribution >= 0.6 is 0 Å². The van der Waals surface area contributed by atoms with Gasteiger partial charge in [0.25, 0.3) is 0 Å². The molecule has 1 aromatic carbocycles. The predicted octanol–water partition coefficient (Wildman–Crippen LogP) is 4.36. The highest BCUT2D eigenvalue weighted by Crippen LogP contribution is 2.37. The largest absolute Gasteiger partial charge is 0.357 e. The van der Waals surface area contributed by atoms with Crippen molar-refractivity contribution < 1.29 is 8.78 Å². The number of nitrogens with zero attached hydrogens (tertiary/aromatic N) is 4. The first-order valence-electron chi connectivity index (χ1n) is 8.70. The number of rotatable bonds is 2. The Morgan fingerprint density at radius 2 is 1.64 bits per heavy atom. The molecule has 0 spiro atoms. The summed E-state index contributed by atoms with van der Waals surface area (Å²) >= 11 is 0. The number of aryl methyl sites for hydroxylation is 1. The summed E-state index contributed by atoms with van der Waals surface area (Å²) in [5.74, 6) is 0.198. The van der Waals surface area contributed by atoms with Crippen molar-refractivity contribution in [3.63, 3.8) is 0 Å². The van der Waals surface area contributed by atoms with Gasteiger partial charge in [-0.3, -0.25) is 4.40 Å². The average Bonchev–Trinajstić information content (AvgIpc) is 2.88. The van der Waals surface area contributed by atoms with Crippen LogP contribution in [-0.4, -0.2) is 27.5 Å². The SMILES string of the molecule is Cc1nc2nccn2c(N2CCCCCC2)c1-c1c(F)cccc1F. The Kier molecular flexibility index (Phi) is 4.11. The molecule has 0 N–H and O–H groups in total. The second kappa shape index (κ2) is 6.43. The summed E-state index contributed by atoms with van der Waals surface area (Å²) in [5.41, 5.74) is 1.09. The van der Waals surface area contributed by atoms with Crippen molar-refractivity contribution in [1.29, 1.82) is 0 Å². The Bertz CT molecular complexity index is 891. The minimum Gasteiger partial charge on any atom is -0.357 e. The Morgan fingerprint density at radius 1 is 0.960 bits per heavy atom. The van der Waals surface area contributed by atoms with Crippen LogP contribution in [0.4, 0.5) is 14.6 Å². The summed E-state index contributed by atoms with van der Waals surface area (Å²) in [6, 6.07) is 3.97. The van der Waals surface area contributed by atoms with Gasteiger partial charge in [0.05, 0.1) is 16.8 Å². The van der Waals surface area contributed by atoms with Gasteiger partial charge >= 0.3 is 0 Å². The standard InChI is InChI=1S/C19H20F2N4/c1-13-16(17-14(20)7-6-8-15(17)21)18(24-10-4-2-3-5-11-24)25-12-9-22-19(25)23-13/h6-9,12H,2-5,10-11H2,1H3. The van der Waals surface area contributed by atoms with Crippen LogP contribution in [0.1, 0.15) is 31.4 Å². The summed E-state index contributed by atoms with van der Waals surface area (Å²) in [4.78, 5) is 11.0. The first kappa shape index (κ1) is 16.0. The van der Waals surface area contributed by atoms with Crippen LogP contribution in [-0.2, 0) is 0 Å². The molecule has 130 valence electrons. The molecule has 2 aromatic heterocycles. The van der Waals surface area contributed by atoms with Gasteiger partial charge in [-0.05, 0) is 31.9 Å². The van der Waals surface area contributed by atoms with Crippen molar-refractivity contribution in [2.75, 3.05) is 18.0 Å². The normalized spacial score (nSPS) is 15.6. The summed E-state index contributed by atoms with van der Waals surface area (Å²) < 4.78 is 31.0. The zero-order chi connectivity index (χ0) is 17.4. The summed E-state index contributed by atoms with van der Waals surface area (Å²) in [5, 5.41) is 0. The maximum atomic E-state index is 14.6. The van der Waals surface area contributed by atoms with E-state index in [9.17, 15) is 8.78 Å². The number of imidazole rings is 1. The lowest BCUT2D eigenvalue weighted by Gasteiger charge is -2.27. The highest BCUT2D eigenvalue weighted by molar-refractivity contribution is 5.80. The molecule has 0 atom stereocenters. The fourth-order valence-corrected chi connectivity index (χ4v) is 3.65. The smallest absolute Gasteiger partial charge is 0.235 e. The second-order valence-electron chi connectivity index (χ2n) is 6.49. The maximum Gasteiger partial charge on any atom is 0.235 e. The first-order chi connectivity index (χ1) is 12.2. The second-order valence-corrected chi connectivity index (χ2v) is 6.49. The van der Waals surface area contributed by atoms with Crippen molar-refractivity contribution in [3.05, 3.63) is 47.9 Å². The fourth-order valence-electron chi connectivity index (χ4n) is 3.65. The van der Waals surface area contributed by atoms with E-state index < -0.39 is 11.6 Å². The van der Waals surface area contributed by atoms with Crippen molar-refractivity contribution in [3.8, 4) is 11.1 Å². The Morgan fingerprint density at radius 3 is 2.32 bits per heavy atom. The first-order valence-corrected chi connectivity index (χ1v) is 8.70. The zero-order valence-electron chi connectivity index (χ0n) is 14.2. The molecule has 6 heteroatoms. The third-order valence-corrected chi connectivity index (χ3v) is 4.82. The number of halogens is 2. The van der Waals surface area contributed by atoms with E-state index in [1.54, 1.807) is 13.1 Å². The van der Waals surface area contributed by atoms with Crippen molar-refractivity contribution in [2.24, 2.45) is 0 Å². The van der Waals surface area contributed by atoms with Crippen LogP contribution in [0, 0.1) is 18.6 Å². The van der Waals surface area contributed by atoms with E-state index in [0.717, 1.165) is 31.7 Å². The predicted molar refractivity (Wildman–Crippen MR) is 93.8 cm³/mol. The molecule has 0 radical (unpaired) electrons. The highest BCUT2D eigenvalue weighted by Gasteiger charge is 2.25. The molecule has 4 rings (SSSR count). The Hall–Kier alpha value is -2.50. The van der Waals surface area contributed by atoms with Gasteiger partial charge in [-0.2, -0.15) is 0 Å². The van der Waals surface area contributed by atoms with E-state index in [1.807, 2.05) is 10.6 Å². The third kappa shape index (κ3) is 2.75. The molecule has 0 bridgehead atoms. The highest BCUT2D eigenvalue weighted by atomic mass is 19.1. The molecule has 1 aliphatic rings. The lowest BCUT2D eigenvalue weighted by atomic mass is 10.0. The van der Waals surface area contributed by atoms with Gasteiger partial charge in [0.1, 0.15) is 17.5 Å². The van der Waals surface area contributed by atoms with Gasteiger partial charge < -0.3 is 4.90 Å². The van der Waals surface area contributed by atoms with Gasteiger partial charge in [-0.15, -0.1) is 0 Å². The van der Waals surface area contributed by atoms with E-state index in [-0.39, 0.29) is 5.56 Å².